The Labute approximate surface area is 127 Å². The van der Waals surface area contributed by atoms with Crippen LogP contribution in [0, 0.1) is 0 Å². The van der Waals surface area contributed by atoms with Gasteiger partial charge < -0.3 is 9.64 Å². The number of nitrogens with one attached hydrogen (secondary N) is 1. The molecule has 116 valence electrons. The molecular weight excluding hydrogens is 264 g/mol. The number of unbranched alkanes of at least 4 members (excludes halogenated alkanes) is 1. The van der Waals surface area contributed by atoms with Gasteiger partial charge in [0.25, 0.3) is 0 Å². The van der Waals surface area contributed by atoms with Crippen LogP contribution < -0.4 is 10.1 Å². The van der Waals surface area contributed by atoms with E-state index in [2.05, 4.69) is 19.2 Å². The minimum Gasteiger partial charge on any atom is -0.496 e. The maximum absolute atomic E-state index is 12.6. The zero-order chi connectivity index (χ0) is 15.2. The van der Waals surface area contributed by atoms with Crippen LogP contribution in [0.4, 0.5) is 0 Å². The smallest absolute Gasteiger partial charge is 0.241 e. The van der Waals surface area contributed by atoms with E-state index < -0.39 is 0 Å². The van der Waals surface area contributed by atoms with E-state index in [-0.39, 0.29) is 18.1 Å². The van der Waals surface area contributed by atoms with E-state index in [0.717, 1.165) is 43.5 Å². The van der Waals surface area contributed by atoms with E-state index in [1.165, 1.54) is 0 Å². The molecule has 2 atom stereocenters. The molecule has 1 aromatic rings. The van der Waals surface area contributed by atoms with Crippen LogP contribution in [-0.4, -0.2) is 30.5 Å². The first kappa shape index (κ1) is 15.8. The third-order valence-electron chi connectivity index (χ3n) is 4.02. The Hall–Kier alpha value is -1.55. The average Bonchev–Trinajstić information content (AvgIpc) is 2.82. The van der Waals surface area contributed by atoms with Gasteiger partial charge in [0, 0.05) is 12.1 Å². The highest BCUT2D eigenvalue weighted by molar-refractivity contribution is 5.84. The highest BCUT2D eigenvalue weighted by Crippen LogP contribution is 2.32. The van der Waals surface area contributed by atoms with E-state index in [9.17, 15) is 4.79 Å². The molecule has 2 unspecified atom stereocenters. The van der Waals surface area contributed by atoms with E-state index in [1.807, 2.05) is 29.2 Å². The van der Waals surface area contributed by atoms with Crippen molar-refractivity contribution < 1.29 is 9.53 Å². The van der Waals surface area contributed by atoms with Gasteiger partial charge in [0.15, 0.2) is 0 Å². The Morgan fingerprint density at radius 1 is 1.24 bits per heavy atom. The number of rotatable bonds is 7. The first-order valence-corrected chi connectivity index (χ1v) is 7.92. The van der Waals surface area contributed by atoms with Crippen LogP contribution in [0.25, 0.3) is 0 Å². The van der Waals surface area contributed by atoms with E-state index >= 15 is 0 Å². The molecule has 1 aliphatic heterocycles. The van der Waals surface area contributed by atoms with Crippen molar-refractivity contribution >= 4 is 5.91 Å². The lowest BCUT2D eigenvalue weighted by molar-refractivity contribution is -0.130. The van der Waals surface area contributed by atoms with Gasteiger partial charge in [-0.1, -0.05) is 44.9 Å². The summed E-state index contributed by atoms with van der Waals surface area (Å²) in [5.74, 6) is 1.06. The Morgan fingerprint density at radius 3 is 2.67 bits per heavy atom. The topological polar surface area (TPSA) is 41.6 Å². The lowest BCUT2D eigenvalue weighted by Gasteiger charge is -2.25. The van der Waals surface area contributed by atoms with Gasteiger partial charge in [0.1, 0.15) is 11.9 Å². The number of para-hydroxylation sites is 1. The second-order valence-electron chi connectivity index (χ2n) is 5.54. The molecule has 0 radical (unpaired) electrons. The van der Waals surface area contributed by atoms with Crippen LogP contribution in [0.5, 0.6) is 5.75 Å². The maximum Gasteiger partial charge on any atom is 0.241 e. The molecule has 1 amide bonds. The van der Waals surface area contributed by atoms with Gasteiger partial charge in [-0.15, -0.1) is 0 Å². The number of hydrogen-bond acceptors (Lipinski definition) is 3. The molecule has 0 spiro atoms. The normalized spacial score (nSPS) is 21.9. The van der Waals surface area contributed by atoms with Crippen LogP contribution in [0.3, 0.4) is 0 Å². The third-order valence-corrected chi connectivity index (χ3v) is 4.02. The van der Waals surface area contributed by atoms with Crippen molar-refractivity contribution in [2.24, 2.45) is 0 Å². The van der Waals surface area contributed by atoms with E-state index in [0.29, 0.717) is 0 Å². The minimum absolute atomic E-state index is 0.0678. The van der Waals surface area contributed by atoms with Crippen molar-refractivity contribution in [3.63, 3.8) is 0 Å². The number of carbonyl (C=O) groups is 1. The Kier molecular flexibility index (Phi) is 5.62. The summed E-state index contributed by atoms with van der Waals surface area (Å²) < 4.78 is 5.46. The zero-order valence-corrected chi connectivity index (χ0v) is 13.3. The van der Waals surface area contributed by atoms with Crippen LogP contribution in [0.15, 0.2) is 24.3 Å². The summed E-state index contributed by atoms with van der Waals surface area (Å²) in [6, 6.07) is 7.87. The Balaban J connectivity index is 2.27. The summed E-state index contributed by atoms with van der Waals surface area (Å²) in [7, 11) is 1.68. The summed E-state index contributed by atoms with van der Waals surface area (Å²) in [4.78, 5) is 14.6. The first-order valence-electron chi connectivity index (χ1n) is 7.92. The van der Waals surface area contributed by atoms with Crippen LogP contribution in [0.2, 0.25) is 0 Å². The van der Waals surface area contributed by atoms with Crippen molar-refractivity contribution in [1.29, 1.82) is 0 Å². The van der Waals surface area contributed by atoms with Gasteiger partial charge in [-0.3, -0.25) is 10.1 Å². The van der Waals surface area contributed by atoms with Gasteiger partial charge in [0.05, 0.1) is 13.2 Å². The molecular formula is C17H26N2O2. The molecule has 1 aliphatic rings. The molecule has 4 nitrogen and oxygen atoms in total. The number of benzene rings is 1. The number of nitrogens with zero attached hydrogens (tertiary/aromatic N) is 1. The molecule has 2 rings (SSSR count). The molecule has 1 heterocycles. The fraction of sp³-hybridized carbons (Fsp3) is 0.588. The summed E-state index contributed by atoms with van der Waals surface area (Å²) >= 11 is 0. The van der Waals surface area contributed by atoms with E-state index in [4.69, 9.17) is 4.74 Å². The minimum atomic E-state index is -0.0725. The van der Waals surface area contributed by atoms with E-state index in [1.54, 1.807) is 7.11 Å². The Bertz CT molecular complexity index is 476. The summed E-state index contributed by atoms with van der Waals surface area (Å²) in [6.07, 6.45) is 3.92. The van der Waals surface area contributed by atoms with Crippen molar-refractivity contribution in [3.8, 4) is 5.75 Å². The third kappa shape index (κ3) is 3.38. The standard InChI is InChI=1S/C17H26N2O2/c1-4-6-12-19-16(18-14(9-5-2)17(19)20)13-10-7-8-11-15(13)21-3/h7-8,10-11,14,16,18H,4-6,9,12H2,1-3H3. The molecule has 0 aliphatic carbocycles. The SMILES string of the molecule is CCCCN1C(=O)C(CCC)NC1c1ccccc1OC. The number of carbonyl (C=O) groups excluding carboxylic acids is 1. The molecule has 21 heavy (non-hydrogen) atoms. The molecule has 1 N–H and O–H groups in total. The van der Waals surface area contributed by atoms with Crippen molar-refractivity contribution in [1.82, 2.24) is 10.2 Å². The largest absolute Gasteiger partial charge is 0.496 e. The molecule has 0 bridgehead atoms. The lowest BCUT2D eigenvalue weighted by Crippen LogP contribution is -2.32. The zero-order valence-electron chi connectivity index (χ0n) is 13.3. The quantitative estimate of drug-likeness (QED) is 0.839. The monoisotopic (exact) mass is 290 g/mol. The predicted octanol–water partition coefficient (Wildman–Crippen LogP) is 3.09. The van der Waals surface area contributed by atoms with Crippen molar-refractivity contribution in [3.05, 3.63) is 29.8 Å². The summed E-state index contributed by atoms with van der Waals surface area (Å²) in [6.45, 7) is 5.06. The van der Waals surface area contributed by atoms with Gasteiger partial charge in [-0.05, 0) is 18.9 Å². The highest BCUT2D eigenvalue weighted by atomic mass is 16.5. The fourth-order valence-electron chi connectivity index (χ4n) is 2.89. The number of amides is 1. The molecule has 0 aromatic heterocycles. The van der Waals surface area contributed by atoms with Crippen molar-refractivity contribution in [2.75, 3.05) is 13.7 Å². The second kappa shape index (κ2) is 7.46. The molecule has 1 fully saturated rings. The Morgan fingerprint density at radius 2 is 2.00 bits per heavy atom. The number of methoxy groups -OCH3 is 1. The lowest BCUT2D eigenvalue weighted by atomic mass is 10.1. The van der Waals surface area contributed by atoms with Crippen LogP contribution in [-0.2, 0) is 4.79 Å². The highest BCUT2D eigenvalue weighted by Gasteiger charge is 2.39. The first-order chi connectivity index (χ1) is 10.2. The van der Waals surface area contributed by atoms with Gasteiger partial charge in [-0.25, -0.2) is 0 Å². The molecule has 4 heteroatoms. The van der Waals surface area contributed by atoms with Crippen LogP contribution >= 0.6 is 0 Å². The number of ether oxygens (including phenoxy) is 1. The van der Waals surface area contributed by atoms with Gasteiger partial charge in [0.2, 0.25) is 5.91 Å². The molecule has 1 aromatic carbocycles. The van der Waals surface area contributed by atoms with Gasteiger partial charge >= 0.3 is 0 Å². The molecule has 1 saturated heterocycles. The molecule has 0 saturated carbocycles. The maximum atomic E-state index is 12.6. The second-order valence-corrected chi connectivity index (χ2v) is 5.54. The number of hydrogen-bond donors (Lipinski definition) is 1. The predicted molar refractivity (Wildman–Crippen MR) is 84.2 cm³/mol. The fourth-order valence-corrected chi connectivity index (χ4v) is 2.89. The van der Waals surface area contributed by atoms with Gasteiger partial charge in [-0.2, -0.15) is 0 Å². The summed E-state index contributed by atoms with van der Waals surface area (Å²) in [5.41, 5.74) is 1.04. The summed E-state index contributed by atoms with van der Waals surface area (Å²) in [5, 5.41) is 3.49. The van der Waals surface area contributed by atoms with Crippen molar-refractivity contribution in [2.45, 2.75) is 51.7 Å². The van der Waals surface area contributed by atoms with Crippen LogP contribution in [0.1, 0.15) is 51.3 Å². The average molecular weight is 290 g/mol.